The molecule has 1 aliphatic heterocycles. The molecule has 3 heterocycles. The fourth-order valence-corrected chi connectivity index (χ4v) is 5.97. The number of hydrogen-bond acceptors (Lipinski definition) is 9. The zero-order valence-corrected chi connectivity index (χ0v) is 27.9. The van der Waals surface area contributed by atoms with Crippen molar-refractivity contribution in [3.8, 4) is 6.07 Å². The third-order valence-electron chi connectivity index (χ3n) is 5.53. The van der Waals surface area contributed by atoms with Crippen LogP contribution in [-0.4, -0.2) is 66.8 Å². The number of H-pyrrole nitrogens is 1. The average molecular weight is 748 g/mol. The maximum atomic E-state index is 12.2. The molecule has 5 atom stereocenters. The van der Waals surface area contributed by atoms with E-state index in [4.69, 9.17) is 19.0 Å². The summed E-state index contributed by atoms with van der Waals surface area (Å²) in [5.74, 6) is 0.275. The molecule has 2 aromatic rings. The molecule has 184 valence electrons. The maximum Gasteiger partial charge on any atom is 0.279 e. The zero-order chi connectivity index (χ0) is 24.3. The van der Waals surface area contributed by atoms with Gasteiger partial charge in [-0.2, -0.15) is 5.26 Å². The second-order valence-electron chi connectivity index (χ2n) is 8.70. The quantitative estimate of drug-likeness (QED) is 0.278. The minimum atomic E-state index is -1.51. The van der Waals surface area contributed by atoms with Gasteiger partial charge in [-0.05, 0) is 34.6 Å². The number of aromatic nitrogens is 4. The predicted molar refractivity (Wildman–Crippen MR) is 123 cm³/mol. The van der Waals surface area contributed by atoms with E-state index < -0.39 is 27.0 Å². The number of aliphatic hydroxyl groups is 1. The van der Waals surface area contributed by atoms with Crippen LogP contribution in [-0.2, 0) is 13.8 Å². The van der Waals surface area contributed by atoms with Crippen molar-refractivity contribution in [3.05, 3.63) is 22.5 Å². The summed E-state index contributed by atoms with van der Waals surface area (Å²) in [6, 6.07) is 2.39. The van der Waals surface area contributed by atoms with Gasteiger partial charge in [-0.15, -0.1) is 0 Å². The van der Waals surface area contributed by atoms with Crippen molar-refractivity contribution in [2.24, 2.45) is 5.92 Å². The number of imidazole rings is 1. The second kappa shape index (κ2) is 11.5. The van der Waals surface area contributed by atoms with Gasteiger partial charge in [-0.1, -0.05) is 6.92 Å². The molecule has 1 fully saturated rings. The number of aromatic amines is 1. The molecule has 0 aliphatic carbocycles. The molecule has 2 N–H and O–H groups in total. The van der Waals surface area contributed by atoms with E-state index in [1.165, 1.54) is 6.33 Å². The van der Waals surface area contributed by atoms with Gasteiger partial charge in [0.15, 0.2) is 11.2 Å². The number of nitriles is 1. The Hall–Kier alpha value is -2.93. The van der Waals surface area contributed by atoms with Gasteiger partial charge in [-0.25, -0.2) is 14.6 Å². The first-order valence-corrected chi connectivity index (χ1v) is 12.3. The van der Waals surface area contributed by atoms with Gasteiger partial charge in [-0.3, -0.25) is 9.36 Å². The van der Waals surface area contributed by atoms with Crippen molar-refractivity contribution in [1.82, 2.24) is 24.2 Å². The van der Waals surface area contributed by atoms with E-state index in [9.17, 15) is 9.90 Å². The maximum absolute atomic E-state index is 12.2. The van der Waals surface area contributed by atoms with Crippen LogP contribution in [0.5, 0.6) is 0 Å². The molecule has 1 saturated heterocycles. The van der Waals surface area contributed by atoms with E-state index in [1.54, 1.807) is 11.5 Å². The van der Waals surface area contributed by atoms with Crippen LogP contribution in [0.1, 0.15) is 53.1 Å². The van der Waals surface area contributed by atoms with E-state index in [-0.39, 0.29) is 48.7 Å². The van der Waals surface area contributed by atoms with Crippen LogP contribution < -0.4 is 5.56 Å². The summed E-state index contributed by atoms with van der Waals surface area (Å²) in [7, 11) is -1.51. The fraction of sp³-hybridized carbons (Fsp3) is 0.714. The summed E-state index contributed by atoms with van der Waals surface area (Å²) in [5, 5.41) is 19.0. The number of hydrogen-bond donors (Lipinski definition) is 2. The molecule has 3 rings (SSSR count). The normalized spacial score (nSPS) is 23.6. The molecule has 13 heteroatoms. The largest absolute Gasteiger partial charge is 0.394 e. The summed E-state index contributed by atoms with van der Waals surface area (Å²) >= 11 is 0. The van der Waals surface area contributed by atoms with Crippen LogP contribution in [0.2, 0.25) is 0 Å². The van der Waals surface area contributed by atoms with E-state index >= 15 is 0 Å². The first kappa shape index (κ1) is 27.3. The molecular formula is C21H33N6O5PRf. The van der Waals surface area contributed by atoms with Crippen LogP contribution >= 0.6 is 8.53 Å². The SMILES string of the molecule is Cc1nc2c(ncn2[C@@H]2O[C@H](CO)C(OP(OCCC#N)N(C(C)C)C(C)C)[C@@H]2C)c(=O)[nH]1.[Rf]. The third kappa shape index (κ3) is 5.41. The van der Waals surface area contributed by atoms with Crippen molar-refractivity contribution < 1.29 is 18.9 Å². The van der Waals surface area contributed by atoms with E-state index in [2.05, 4.69) is 53.4 Å². The molecule has 34 heavy (non-hydrogen) atoms. The van der Waals surface area contributed by atoms with Crippen LogP contribution in [0, 0.1) is 24.2 Å². The fourth-order valence-electron chi connectivity index (χ4n) is 4.13. The molecule has 1 aliphatic rings. The van der Waals surface area contributed by atoms with Gasteiger partial charge < -0.3 is 23.9 Å². The minimum Gasteiger partial charge on any atom is -0.394 e. The molecule has 2 unspecified atom stereocenters. The molecule has 2 aromatic heterocycles. The number of nitrogens with zero attached hydrogens (tertiary/aromatic N) is 5. The average Bonchev–Trinajstić information content (AvgIpc) is 3.28. The number of aliphatic hydroxyl groups excluding tert-OH is 1. The second-order valence-corrected chi connectivity index (χ2v) is 10.1. The van der Waals surface area contributed by atoms with Gasteiger partial charge >= 0.3 is 0 Å². The summed E-state index contributed by atoms with van der Waals surface area (Å²) in [6.07, 6.45) is 0.180. The summed E-state index contributed by atoms with van der Waals surface area (Å²) in [4.78, 5) is 23.6. The van der Waals surface area contributed by atoms with Gasteiger partial charge in [0, 0.05) is 18.0 Å². The predicted octanol–water partition coefficient (Wildman–Crippen LogP) is 2.62. The Kier molecular flexibility index (Phi) is 9.21. The molecule has 0 bridgehead atoms. The summed E-state index contributed by atoms with van der Waals surface area (Å²) in [5.41, 5.74) is 0.338. The Bertz CT molecular complexity index is 1030. The Labute approximate surface area is 194 Å². The first-order valence-electron chi connectivity index (χ1n) is 11.1. The molecular weight excluding hydrogens is 714 g/mol. The summed E-state index contributed by atoms with van der Waals surface area (Å²) < 4.78 is 22.6. The zero-order valence-electron chi connectivity index (χ0n) is 20.6. The van der Waals surface area contributed by atoms with Gasteiger partial charge in [0.2, 0.25) is 0 Å². The van der Waals surface area contributed by atoms with Crippen LogP contribution in [0.3, 0.4) is 0 Å². The number of fused-ring (bicyclic) bond motifs is 1. The topological polar surface area (TPSA) is 139 Å². The standard InChI is InChI=1S/C21H33N6O5P.Rf/c1-12(2)27(13(3)4)33(30-9-7-8-22)32-18-14(5)21(31-16(18)10-28)26-11-23-17-19(26)24-15(6)25-20(17)29;/h11-14,16,18,21,28H,7,9-10H2,1-6H3,(H,24,25,29);/t14-,16+,18?,21+,33?;/m0./s1. The first-order chi connectivity index (χ1) is 15.7. The van der Waals surface area contributed by atoms with Crippen molar-refractivity contribution in [2.75, 3.05) is 13.2 Å². The van der Waals surface area contributed by atoms with Gasteiger partial charge in [0.1, 0.15) is 24.3 Å². The van der Waals surface area contributed by atoms with Crippen LogP contribution in [0.25, 0.3) is 11.2 Å². The van der Waals surface area contributed by atoms with Crippen molar-refractivity contribution in [2.45, 2.75) is 78.5 Å². The van der Waals surface area contributed by atoms with E-state index in [0.717, 1.165) is 0 Å². The molecule has 0 amide bonds. The molecule has 0 saturated carbocycles. The van der Waals surface area contributed by atoms with E-state index in [0.29, 0.717) is 11.5 Å². The Balaban J connectivity index is 0.00000408. The summed E-state index contributed by atoms with van der Waals surface area (Å²) in [6.45, 7) is 12.0. The van der Waals surface area contributed by atoms with Crippen LogP contribution in [0.4, 0.5) is 0 Å². The number of nitrogens with one attached hydrogen (secondary N) is 1. The number of aryl methyl sites for hydroxylation is 1. The van der Waals surface area contributed by atoms with Crippen molar-refractivity contribution in [1.29, 1.82) is 5.26 Å². The minimum absolute atomic E-state index is 0. The third-order valence-corrected chi connectivity index (χ3v) is 7.66. The van der Waals surface area contributed by atoms with Crippen molar-refractivity contribution in [3.63, 3.8) is 0 Å². The van der Waals surface area contributed by atoms with E-state index in [1.807, 2.05) is 6.92 Å². The Morgan fingerprint density at radius 2 is 2.06 bits per heavy atom. The molecule has 11 nitrogen and oxygen atoms in total. The van der Waals surface area contributed by atoms with Crippen LogP contribution in [0.15, 0.2) is 11.1 Å². The Morgan fingerprint density at radius 3 is 2.65 bits per heavy atom. The van der Waals surface area contributed by atoms with Crippen molar-refractivity contribution >= 4 is 19.7 Å². The molecule has 0 spiro atoms. The molecule has 0 radical (unpaired) electrons. The monoisotopic (exact) mass is 747 g/mol. The Morgan fingerprint density at radius 1 is 1.38 bits per heavy atom. The molecule has 0 aromatic carbocycles. The van der Waals surface area contributed by atoms with Gasteiger partial charge in [0.25, 0.3) is 14.1 Å². The van der Waals surface area contributed by atoms with Gasteiger partial charge in [0.05, 0.1) is 32.0 Å². The smallest absolute Gasteiger partial charge is 0.279 e. The number of ether oxygens (including phenoxy) is 1. The number of rotatable bonds is 10.